The van der Waals surface area contributed by atoms with Gasteiger partial charge in [0.05, 0.1) is 6.04 Å². The molecule has 2 aliphatic rings. The summed E-state index contributed by atoms with van der Waals surface area (Å²) in [6, 6.07) is 13.3. The first-order chi connectivity index (χ1) is 9.43. The van der Waals surface area contributed by atoms with E-state index in [9.17, 15) is 0 Å². The predicted octanol–water partition coefficient (Wildman–Crippen LogP) is 3.91. The van der Waals surface area contributed by atoms with E-state index >= 15 is 0 Å². The van der Waals surface area contributed by atoms with Crippen LogP contribution in [-0.2, 0) is 0 Å². The Morgan fingerprint density at radius 1 is 1.05 bits per heavy atom. The van der Waals surface area contributed by atoms with Gasteiger partial charge in [0.1, 0.15) is 0 Å². The zero-order valence-electron chi connectivity index (χ0n) is 10.7. The lowest BCUT2D eigenvalue weighted by Crippen LogP contribution is -2.28. The molecule has 1 aromatic carbocycles. The zero-order valence-corrected chi connectivity index (χ0v) is 10.7. The second kappa shape index (κ2) is 4.23. The van der Waals surface area contributed by atoms with Crippen molar-refractivity contribution < 1.29 is 0 Å². The van der Waals surface area contributed by atoms with Gasteiger partial charge in [0.2, 0.25) is 0 Å². The Morgan fingerprint density at radius 2 is 1.89 bits per heavy atom. The molecule has 0 spiro atoms. The maximum atomic E-state index is 4.13. The molecule has 0 fully saturated rings. The summed E-state index contributed by atoms with van der Waals surface area (Å²) >= 11 is 0. The van der Waals surface area contributed by atoms with Crippen LogP contribution in [0.4, 0.5) is 5.69 Å². The molecule has 0 saturated heterocycles. The molecule has 2 aromatic rings. The minimum atomic E-state index is 0.387. The smallest absolute Gasteiger partial charge is 0.0555 e. The molecule has 1 aliphatic carbocycles. The Morgan fingerprint density at radius 3 is 2.79 bits per heavy atom. The highest BCUT2D eigenvalue weighted by Gasteiger charge is 2.37. The van der Waals surface area contributed by atoms with Gasteiger partial charge in [-0.05, 0) is 41.7 Å². The molecule has 3 atom stereocenters. The van der Waals surface area contributed by atoms with Crippen LogP contribution in [0.2, 0.25) is 0 Å². The van der Waals surface area contributed by atoms with Gasteiger partial charge in [-0.3, -0.25) is 4.98 Å². The van der Waals surface area contributed by atoms with Crippen molar-refractivity contribution >= 4 is 5.69 Å². The molecular weight excluding hydrogens is 232 g/mol. The summed E-state index contributed by atoms with van der Waals surface area (Å²) in [6.07, 6.45) is 9.62. The van der Waals surface area contributed by atoms with E-state index in [1.807, 2.05) is 12.4 Å². The van der Waals surface area contributed by atoms with Gasteiger partial charge in [0, 0.05) is 24.0 Å². The predicted molar refractivity (Wildman–Crippen MR) is 77.0 cm³/mol. The number of nitrogens with one attached hydrogen (secondary N) is 1. The van der Waals surface area contributed by atoms with E-state index in [2.05, 4.69) is 58.9 Å². The molecule has 4 rings (SSSR count). The molecule has 2 heteroatoms. The first-order valence-corrected chi connectivity index (χ1v) is 6.85. The van der Waals surface area contributed by atoms with Crippen LogP contribution in [0.3, 0.4) is 0 Å². The van der Waals surface area contributed by atoms with Gasteiger partial charge < -0.3 is 5.32 Å². The molecule has 2 heterocycles. The minimum Gasteiger partial charge on any atom is -0.378 e. The van der Waals surface area contributed by atoms with Gasteiger partial charge in [0.15, 0.2) is 0 Å². The van der Waals surface area contributed by atoms with Crippen molar-refractivity contribution in [3.8, 4) is 0 Å². The van der Waals surface area contributed by atoms with E-state index in [4.69, 9.17) is 0 Å². The second-order valence-corrected chi connectivity index (χ2v) is 5.34. The average molecular weight is 248 g/mol. The minimum absolute atomic E-state index is 0.387. The molecule has 1 N–H and O–H groups in total. The number of benzene rings is 1. The summed E-state index contributed by atoms with van der Waals surface area (Å²) in [5.41, 5.74) is 4.05. The molecule has 19 heavy (non-hydrogen) atoms. The van der Waals surface area contributed by atoms with Crippen LogP contribution >= 0.6 is 0 Å². The number of allylic oxidation sites excluding steroid dienone is 2. The number of para-hydroxylation sites is 1. The number of fused-ring (bicyclic) bond motifs is 3. The molecule has 0 unspecified atom stereocenters. The van der Waals surface area contributed by atoms with Crippen LogP contribution in [0.5, 0.6) is 0 Å². The third-order valence-corrected chi connectivity index (χ3v) is 4.34. The first-order valence-electron chi connectivity index (χ1n) is 6.85. The van der Waals surface area contributed by atoms with E-state index in [0.29, 0.717) is 17.9 Å². The van der Waals surface area contributed by atoms with Gasteiger partial charge in [-0.15, -0.1) is 0 Å². The van der Waals surface area contributed by atoms with E-state index in [0.717, 1.165) is 6.42 Å². The van der Waals surface area contributed by atoms with Crippen molar-refractivity contribution in [1.29, 1.82) is 0 Å². The fourth-order valence-electron chi connectivity index (χ4n) is 3.44. The highest BCUT2D eigenvalue weighted by atomic mass is 15.0. The monoisotopic (exact) mass is 248 g/mol. The number of rotatable bonds is 1. The van der Waals surface area contributed by atoms with Crippen LogP contribution in [0.1, 0.15) is 29.5 Å². The van der Waals surface area contributed by atoms with Crippen molar-refractivity contribution in [2.24, 2.45) is 5.92 Å². The number of hydrogen-bond acceptors (Lipinski definition) is 2. The van der Waals surface area contributed by atoms with Gasteiger partial charge in [-0.1, -0.05) is 30.4 Å². The molecule has 2 nitrogen and oxygen atoms in total. The van der Waals surface area contributed by atoms with Crippen molar-refractivity contribution in [2.75, 3.05) is 5.32 Å². The first kappa shape index (κ1) is 10.8. The summed E-state index contributed by atoms with van der Waals surface area (Å²) < 4.78 is 0. The summed E-state index contributed by atoms with van der Waals surface area (Å²) in [7, 11) is 0. The molecular formula is C17H16N2. The van der Waals surface area contributed by atoms with Crippen LogP contribution < -0.4 is 5.32 Å². The van der Waals surface area contributed by atoms with Crippen molar-refractivity contribution in [3.63, 3.8) is 0 Å². The summed E-state index contributed by atoms with van der Waals surface area (Å²) in [5, 5.41) is 3.72. The quantitative estimate of drug-likeness (QED) is 0.774. The number of hydrogen-bond donors (Lipinski definition) is 1. The average Bonchev–Trinajstić information content (AvgIpc) is 2.97. The van der Waals surface area contributed by atoms with Gasteiger partial charge in [-0.2, -0.15) is 0 Å². The lowest BCUT2D eigenvalue weighted by Gasteiger charge is -2.37. The normalized spacial score (nSPS) is 27.5. The standard InChI is InChI=1S/C17H16N2/c1-2-7-16-14(4-1)13-5-3-6-15(13)17(19-16)12-8-10-18-11-9-12/h1-5,7-11,13,15,17,19H,6H2/t13-,15+,17-/m1/s1. The molecule has 0 radical (unpaired) electrons. The third-order valence-electron chi connectivity index (χ3n) is 4.34. The van der Waals surface area contributed by atoms with Gasteiger partial charge in [-0.25, -0.2) is 0 Å². The van der Waals surface area contributed by atoms with E-state index < -0.39 is 0 Å². The largest absolute Gasteiger partial charge is 0.378 e. The fraction of sp³-hybridized carbons (Fsp3) is 0.235. The number of pyridine rings is 1. The van der Waals surface area contributed by atoms with Crippen molar-refractivity contribution in [3.05, 3.63) is 72.1 Å². The van der Waals surface area contributed by atoms with E-state index in [-0.39, 0.29) is 0 Å². The van der Waals surface area contributed by atoms with Crippen LogP contribution in [0, 0.1) is 5.92 Å². The summed E-state index contributed by atoms with van der Waals surface area (Å²) in [6.45, 7) is 0. The fourth-order valence-corrected chi connectivity index (χ4v) is 3.44. The second-order valence-electron chi connectivity index (χ2n) is 5.34. The molecule has 0 amide bonds. The number of anilines is 1. The Hall–Kier alpha value is -2.09. The lowest BCUT2D eigenvalue weighted by atomic mass is 9.77. The Kier molecular flexibility index (Phi) is 2.41. The Bertz CT molecular complexity index is 618. The van der Waals surface area contributed by atoms with Crippen LogP contribution in [0.25, 0.3) is 0 Å². The number of nitrogens with zero attached hydrogens (tertiary/aromatic N) is 1. The highest BCUT2D eigenvalue weighted by molar-refractivity contribution is 5.59. The Labute approximate surface area is 113 Å². The molecule has 1 aliphatic heterocycles. The third kappa shape index (κ3) is 1.67. The van der Waals surface area contributed by atoms with E-state index in [1.165, 1.54) is 16.8 Å². The molecule has 0 bridgehead atoms. The zero-order chi connectivity index (χ0) is 12.7. The lowest BCUT2D eigenvalue weighted by molar-refractivity contribution is 0.425. The van der Waals surface area contributed by atoms with E-state index in [1.54, 1.807) is 0 Å². The maximum absolute atomic E-state index is 4.13. The topological polar surface area (TPSA) is 24.9 Å². The Balaban J connectivity index is 1.80. The maximum Gasteiger partial charge on any atom is 0.0555 e. The summed E-state index contributed by atoms with van der Waals surface area (Å²) in [4.78, 5) is 4.13. The van der Waals surface area contributed by atoms with Crippen molar-refractivity contribution in [2.45, 2.75) is 18.4 Å². The number of aromatic nitrogens is 1. The van der Waals surface area contributed by atoms with Crippen LogP contribution in [0.15, 0.2) is 60.9 Å². The molecule has 1 aromatic heterocycles. The molecule has 94 valence electrons. The van der Waals surface area contributed by atoms with Crippen molar-refractivity contribution in [1.82, 2.24) is 4.98 Å². The van der Waals surface area contributed by atoms with Gasteiger partial charge >= 0.3 is 0 Å². The van der Waals surface area contributed by atoms with Crippen LogP contribution in [-0.4, -0.2) is 4.98 Å². The summed E-state index contributed by atoms with van der Waals surface area (Å²) in [5.74, 6) is 1.17. The SMILES string of the molecule is C1=C[C@@H]2c3ccccc3N[C@H](c3ccncc3)[C@H]2C1. The van der Waals surface area contributed by atoms with Gasteiger partial charge in [0.25, 0.3) is 0 Å². The molecule has 0 saturated carbocycles. The highest BCUT2D eigenvalue weighted by Crippen LogP contribution is 2.49.